The zero-order valence-electron chi connectivity index (χ0n) is 20.5. The zero-order valence-corrected chi connectivity index (χ0v) is 20.5. The number of rotatable bonds is 6. The van der Waals surface area contributed by atoms with Gasteiger partial charge in [-0.2, -0.15) is 0 Å². The van der Waals surface area contributed by atoms with Gasteiger partial charge in [-0.15, -0.1) is 0 Å². The SMILES string of the molecule is C=C1/C(=C\C=C2/CCC[C@]3(C)[C@@H]([C@@H](C)CCCC(C)(C)O)CC[C@@H]23)C[C@H](O)[C@H](C)[C@H]1O. The summed E-state index contributed by atoms with van der Waals surface area (Å²) in [7, 11) is 0. The highest BCUT2D eigenvalue weighted by Gasteiger charge is 2.50. The molecule has 3 nitrogen and oxygen atoms in total. The summed E-state index contributed by atoms with van der Waals surface area (Å²) in [5.74, 6) is 1.94. The van der Waals surface area contributed by atoms with Crippen LogP contribution in [0.3, 0.4) is 0 Å². The number of allylic oxidation sites excluding steroid dienone is 3. The van der Waals surface area contributed by atoms with Gasteiger partial charge in [-0.3, -0.25) is 0 Å². The standard InChI is InChI=1S/C28H46O3/c1-18(9-7-15-27(4,5)31)23-13-14-24-21(10-8-16-28(23,24)6)11-12-22-17-25(29)20(3)26(30)19(22)2/h11-12,18,20,23-26,29-31H,2,7-10,13-17H2,1,3-6H3/b21-11+,22-12-/t18-,20-,23+,24-,25-,26-,28+/m0/s1. The van der Waals surface area contributed by atoms with Crippen molar-refractivity contribution < 1.29 is 15.3 Å². The van der Waals surface area contributed by atoms with Crippen molar-refractivity contribution in [1.82, 2.24) is 0 Å². The third kappa shape index (κ3) is 5.37. The number of fused-ring (bicyclic) bond motifs is 1. The summed E-state index contributed by atoms with van der Waals surface area (Å²) in [6.45, 7) is 14.8. The first-order valence-electron chi connectivity index (χ1n) is 12.6. The predicted molar refractivity (Wildman–Crippen MR) is 129 cm³/mol. The predicted octanol–water partition coefficient (Wildman–Crippen LogP) is 5.95. The van der Waals surface area contributed by atoms with Crippen molar-refractivity contribution in [2.75, 3.05) is 0 Å². The van der Waals surface area contributed by atoms with E-state index in [1.165, 1.54) is 32.1 Å². The van der Waals surface area contributed by atoms with Gasteiger partial charge in [-0.25, -0.2) is 0 Å². The molecule has 3 aliphatic rings. The fourth-order valence-corrected chi connectivity index (χ4v) is 6.91. The van der Waals surface area contributed by atoms with Gasteiger partial charge in [-0.1, -0.05) is 57.9 Å². The molecule has 176 valence electrons. The van der Waals surface area contributed by atoms with Crippen LogP contribution in [-0.4, -0.2) is 33.1 Å². The maximum atomic E-state index is 10.4. The molecule has 3 aliphatic carbocycles. The second-order valence-corrected chi connectivity index (χ2v) is 11.8. The molecular weight excluding hydrogens is 384 g/mol. The van der Waals surface area contributed by atoms with E-state index in [9.17, 15) is 15.3 Å². The fourth-order valence-electron chi connectivity index (χ4n) is 6.91. The van der Waals surface area contributed by atoms with E-state index in [4.69, 9.17) is 0 Å². The van der Waals surface area contributed by atoms with Crippen molar-refractivity contribution in [2.45, 2.75) is 110 Å². The Kier molecular flexibility index (Phi) is 7.61. The number of hydrogen-bond acceptors (Lipinski definition) is 3. The molecule has 3 saturated carbocycles. The second kappa shape index (κ2) is 9.53. The molecule has 7 atom stereocenters. The molecule has 0 spiro atoms. The van der Waals surface area contributed by atoms with Gasteiger partial charge in [0.2, 0.25) is 0 Å². The van der Waals surface area contributed by atoms with Gasteiger partial charge in [0.05, 0.1) is 17.8 Å². The van der Waals surface area contributed by atoms with E-state index in [-0.39, 0.29) is 5.92 Å². The summed E-state index contributed by atoms with van der Waals surface area (Å²) in [5.41, 5.74) is 3.15. The Labute approximate surface area is 190 Å². The molecule has 3 rings (SSSR count). The normalized spacial score (nSPS) is 40.4. The number of aliphatic hydroxyl groups excluding tert-OH is 2. The highest BCUT2D eigenvalue weighted by atomic mass is 16.3. The Morgan fingerprint density at radius 3 is 2.61 bits per heavy atom. The minimum absolute atomic E-state index is 0.149. The molecule has 3 N–H and O–H groups in total. The van der Waals surface area contributed by atoms with Crippen LogP contribution >= 0.6 is 0 Å². The molecule has 0 saturated heterocycles. The topological polar surface area (TPSA) is 60.7 Å². The van der Waals surface area contributed by atoms with Crippen LogP contribution in [0.4, 0.5) is 0 Å². The van der Waals surface area contributed by atoms with Crippen molar-refractivity contribution in [2.24, 2.45) is 29.1 Å². The Morgan fingerprint density at radius 2 is 1.94 bits per heavy atom. The monoisotopic (exact) mass is 430 g/mol. The van der Waals surface area contributed by atoms with Crippen LogP contribution in [0.2, 0.25) is 0 Å². The molecule has 0 unspecified atom stereocenters. The molecule has 3 heteroatoms. The first-order chi connectivity index (χ1) is 14.4. The quantitative estimate of drug-likeness (QED) is 0.488. The van der Waals surface area contributed by atoms with Gasteiger partial charge in [0.15, 0.2) is 0 Å². The van der Waals surface area contributed by atoms with Crippen LogP contribution in [-0.2, 0) is 0 Å². The lowest BCUT2D eigenvalue weighted by atomic mass is 9.60. The van der Waals surface area contributed by atoms with E-state index in [2.05, 4.69) is 32.6 Å². The second-order valence-electron chi connectivity index (χ2n) is 11.8. The molecule has 0 aromatic heterocycles. The summed E-state index contributed by atoms with van der Waals surface area (Å²) in [6.07, 6.45) is 13.4. The lowest BCUT2D eigenvalue weighted by Crippen LogP contribution is -2.36. The lowest BCUT2D eigenvalue weighted by molar-refractivity contribution is 0.0283. The molecule has 0 amide bonds. The number of aliphatic hydroxyl groups is 3. The molecule has 0 aromatic carbocycles. The minimum atomic E-state index is -0.648. The van der Waals surface area contributed by atoms with Crippen LogP contribution in [0.1, 0.15) is 92.4 Å². The van der Waals surface area contributed by atoms with E-state index < -0.39 is 17.8 Å². The highest BCUT2D eigenvalue weighted by molar-refractivity contribution is 5.39. The Morgan fingerprint density at radius 1 is 1.23 bits per heavy atom. The van der Waals surface area contributed by atoms with Crippen molar-refractivity contribution in [3.63, 3.8) is 0 Å². The molecule has 0 bridgehead atoms. The van der Waals surface area contributed by atoms with Crippen LogP contribution in [0.25, 0.3) is 0 Å². The maximum absolute atomic E-state index is 10.4. The van der Waals surface area contributed by atoms with Crippen molar-refractivity contribution in [3.8, 4) is 0 Å². The summed E-state index contributed by atoms with van der Waals surface area (Å²) in [4.78, 5) is 0. The van der Waals surface area contributed by atoms with E-state index in [1.54, 1.807) is 5.57 Å². The molecule has 0 aliphatic heterocycles. The van der Waals surface area contributed by atoms with Gasteiger partial charge in [-0.05, 0) is 93.1 Å². The van der Waals surface area contributed by atoms with Crippen molar-refractivity contribution >= 4 is 0 Å². The summed E-state index contributed by atoms with van der Waals surface area (Å²) in [6, 6.07) is 0. The molecule has 0 radical (unpaired) electrons. The van der Waals surface area contributed by atoms with Gasteiger partial charge in [0, 0.05) is 5.92 Å². The summed E-state index contributed by atoms with van der Waals surface area (Å²) < 4.78 is 0. The minimum Gasteiger partial charge on any atom is -0.392 e. The highest BCUT2D eigenvalue weighted by Crippen LogP contribution is 2.60. The first kappa shape index (κ1) is 24.7. The van der Waals surface area contributed by atoms with Gasteiger partial charge in [0.1, 0.15) is 0 Å². The summed E-state index contributed by atoms with van der Waals surface area (Å²) in [5, 5.41) is 30.7. The Bertz CT molecular complexity index is 712. The van der Waals surface area contributed by atoms with E-state index in [0.29, 0.717) is 23.7 Å². The average Bonchev–Trinajstić information content (AvgIpc) is 3.04. The molecule has 3 fully saturated rings. The van der Waals surface area contributed by atoms with Crippen LogP contribution in [0.5, 0.6) is 0 Å². The van der Waals surface area contributed by atoms with Crippen molar-refractivity contribution in [3.05, 3.63) is 35.5 Å². The molecule has 0 heterocycles. The lowest BCUT2D eigenvalue weighted by Gasteiger charge is -2.44. The van der Waals surface area contributed by atoms with E-state index in [1.807, 2.05) is 20.8 Å². The molecule has 31 heavy (non-hydrogen) atoms. The van der Waals surface area contributed by atoms with E-state index in [0.717, 1.165) is 36.3 Å². The zero-order chi connectivity index (χ0) is 23.0. The van der Waals surface area contributed by atoms with Gasteiger partial charge >= 0.3 is 0 Å². The van der Waals surface area contributed by atoms with Crippen LogP contribution < -0.4 is 0 Å². The number of hydrogen-bond donors (Lipinski definition) is 3. The first-order valence-corrected chi connectivity index (χ1v) is 12.6. The third-order valence-electron chi connectivity index (χ3n) is 8.97. The smallest absolute Gasteiger partial charge is 0.0837 e. The van der Waals surface area contributed by atoms with Crippen LogP contribution in [0.15, 0.2) is 35.5 Å². The van der Waals surface area contributed by atoms with Crippen LogP contribution in [0, 0.1) is 29.1 Å². The Balaban J connectivity index is 1.71. The third-order valence-corrected chi connectivity index (χ3v) is 8.97. The molecule has 0 aromatic rings. The van der Waals surface area contributed by atoms with Crippen molar-refractivity contribution in [1.29, 1.82) is 0 Å². The average molecular weight is 431 g/mol. The maximum Gasteiger partial charge on any atom is 0.0837 e. The van der Waals surface area contributed by atoms with Gasteiger partial charge in [0.25, 0.3) is 0 Å². The molecular formula is C28H46O3. The van der Waals surface area contributed by atoms with Gasteiger partial charge < -0.3 is 15.3 Å². The largest absolute Gasteiger partial charge is 0.392 e. The summed E-state index contributed by atoms with van der Waals surface area (Å²) >= 11 is 0. The Hall–Kier alpha value is -0.900. The van der Waals surface area contributed by atoms with E-state index >= 15 is 0 Å². The fraction of sp³-hybridized carbons (Fsp3) is 0.786.